The van der Waals surface area contributed by atoms with Crippen LogP contribution in [0.1, 0.15) is 35.3 Å². The van der Waals surface area contributed by atoms with Gasteiger partial charge in [0.15, 0.2) is 0 Å². The third-order valence-electron chi connectivity index (χ3n) is 4.92. The normalized spacial score (nSPS) is 12.0. The molecule has 0 aromatic heterocycles. The number of carbonyl (C=O) groups excluding carboxylic acids is 1. The summed E-state index contributed by atoms with van der Waals surface area (Å²) >= 11 is 5.91. The van der Waals surface area contributed by atoms with E-state index >= 15 is 0 Å². The highest BCUT2D eigenvalue weighted by atomic mass is 35.5. The largest absolute Gasteiger partial charge is 0.416 e. The molecule has 0 aliphatic heterocycles. The smallest absolute Gasteiger partial charge is 0.379 e. The van der Waals surface area contributed by atoms with Gasteiger partial charge in [0, 0.05) is 23.7 Å². The molecule has 3 rings (SSSR count). The molecule has 0 radical (unpaired) electrons. The van der Waals surface area contributed by atoms with Gasteiger partial charge in [0.2, 0.25) is 0 Å². The van der Waals surface area contributed by atoms with Crippen molar-refractivity contribution in [2.24, 2.45) is 5.92 Å². The molecule has 10 heteroatoms. The van der Waals surface area contributed by atoms with Crippen LogP contribution < -0.4 is 4.18 Å². The van der Waals surface area contributed by atoms with Crippen molar-refractivity contribution in [1.82, 2.24) is 4.90 Å². The highest BCUT2D eigenvalue weighted by Gasteiger charge is 2.32. The molecular weight excluding hydrogens is 503 g/mol. The molecule has 35 heavy (non-hydrogen) atoms. The minimum absolute atomic E-state index is 0.0643. The molecule has 0 atom stereocenters. The van der Waals surface area contributed by atoms with Crippen LogP contribution in [0.2, 0.25) is 5.02 Å². The van der Waals surface area contributed by atoms with E-state index in [2.05, 4.69) is 0 Å². The van der Waals surface area contributed by atoms with Crippen molar-refractivity contribution in [3.8, 4) is 5.75 Å². The van der Waals surface area contributed by atoms with Gasteiger partial charge in [-0.2, -0.15) is 21.6 Å². The first kappa shape index (κ1) is 26.6. The minimum Gasteiger partial charge on any atom is -0.379 e. The van der Waals surface area contributed by atoms with Crippen molar-refractivity contribution >= 4 is 27.6 Å². The van der Waals surface area contributed by atoms with Crippen LogP contribution in [0.4, 0.5) is 13.2 Å². The Morgan fingerprint density at radius 1 is 1.00 bits per heavy atom. The number of amides is 1. The Kier molecular flexibility index (Phi) is 8.12. The summed E-state index contributed by atoms with van der Waals surface area (Å²) in [5.74, 6) is -0.0418. The second-order valence-electron chi connectivity index (χ2n) is 8.29. The van der Waals surface area contributed by atoms with Crippen molar-refractivity contribution in [2.45, 2.75) is 31.5 Å². The summed E-state index contributed by atoms with van der Waals surface area (Å²) in [5.41, 5.74) is 0.118. The molecule has 0 spiro atoms. The lowest BCUT2D eigenvalue weighted by atomic mass is 10.1. The van der Waals surface area contributed by atoms with Crippen LogP contribution in [0.25, 0.3) is 0 Å². The maximum atomic E-state index is 13.0. The average molecular weight is 526 g/mol. The Bertz CT molecular complexity index is 1280. The summed E-state index contributed by atoms with van der Waals surface area (Å²) in [6, 6.07) is 15.9. The van der Waals surface area contributed by atoms with Crippen LogP contribution in [0, 0.1) is 5.92 Å². The fourth-order valence-electron chi connectivity index (χ4n) is 3.31. The SMILES string of the molecule is CC(C)CN(Cc1ccc(OS(=O)(=O)c2cccc(C(F)(F)F)c2)cc1)C(=O)c1ccc(Cl)cc1. The number of hydrogen-bond donors (Lipinski definition) is 0. The maximum Gasteiger partial charge on any atom is 0.416 e. The lowest BCUT2D eigenvalue weighted by Gasteiger charge is -2.25. The molecule has 0 saturated carbocycles. The van der Waals surface area contributed by atoms with Gasteiger partial charge in [0.25, 0.3) is 5.91 Å². The zero-order valence-corrected chi connectivity index (χ0v) is 20.5. The molecule has 1 amide bonds. The number of nitrogens with zero attached hydrogens (tertiary/aromatic N) is 1. The van der Waals surface area contributed by atoms with Crippen LogP contribution in [0.5, 0.6) is 5.75 Å². The molecule has 0 N–H and O–H groups in total. The van der Waals surface area contributed by atoms with Crippen molar-refractivity contribution < 1.29 is 30.6 Å². The van der Waals surface area contributed by atoms with E-state index < -0.39 is 26.8 Å². The highest BCUT2D eigenvalue weighted by Crippen LogP contribution is 2.31. The molecule has 0 heterocycles. The topological polar surface area (TPSA) is 63.7 Å². The minimum atomic E-state index is -4.68. The summed E-state index contributed by atoms with van der Waals surface area (Å²) in [6.07, 6.45) is -4.68. The van der Waals surface area contributed by atoms with Gasteiger partial charge in [-0.1, -0.05) is 43.6 Å². The Morgan fingerprint density at radius 2 is 1.63 bits per heavy atom. The van der Waals surface area contributed by atoms with Gasteiger partial charge >= 0.3 is 16.3 Å². The van der Waals surface area contributed by atoms with Gasteiger partial charge < -0.3 is 9.08 Å². The fraction of sp³-hybridized carbons (Fsp3) is 0.240. The van der Waals surface area contributed by atoms with Crippen LogP contribution in [-0.2, 0) is 22.8 Å². The second-order valence-corrected chi connectivity index (χ2v) is 10.3. The fourth-order valence-corrected chi connectivity index (χ4v) is 4.41. The average Bonchev–Trinajstić information content (AvgIpc) is 2.79. The maximum absolute atomic E-state index is 13.0. The molecule has 5 nitrogen and oxygen atoms in total. The predicted molar refractivity (Wildman–Crippen MR) is 127 cm³/mol. The highest BCUT2D eigenvalue weighted by molar-refractivity contribution is 7.87. The molecule has 0 saturated heterocycles. The van der Waals surface area contributed by atoms with Crippen LogP contribution in [-0.4, -0.2) is 25.8 Å². The molecular formula is C25H23ClF3NO4S. The third kappa shape index (κ3) is 7.22. The molecule has 0 aliphatic carbocycles. The summed E-state index contributed by atoms with van der Waals surface area (Å²) in [4.78, 5) is 14.1. The van der Waals surface area contributed by atoms with Gasteiger partial charge in [-0.05, 0) is 66.1 Å². The number of hydrogen-bond acceptors (Lipinski definition) is 4. The van der Waals surface area contributed by atoms with E-state index in [0.717, 1.165) is 23.8 Å². The quantitative estimate of drug-likeness (QED) is 0.318. The molecule has 186 valence electrons. The van der Waals surface area contributed by atoms with E-state index in [1.54, 1.807) is 41.3 Å². The van der Waals surface area contributed by atoms with Gasteiger partial charge in [-0.15, -0.1) is 0 Å². The first-order valence-electron chi connectivity index (χ1n) is 10.6. The Balaban J connectivity index is 1.75. The van der Waals surface area contributed by atoms with Gasteiger partial charge in [-0.25, -0.2) is 0 Å². The van der Waals surface area contributed by atoms with Crippen molar-refractivity contribution in [3.63, 3.8) is 0 Å². The van der Waals surface area contributed by atoms with E-state index in [1.807, 2.05) is 13.8 Å². The van der Waals surface area contributed by atoms with Gasteiger partial charge in [0.05, 0.1) is 5.56 Å². The summed E-state index contributed by atoms with van der Waals surface area (Å²) in [6.45, 7) is 4.72. The molecule has 0 bridgehead atoms. The van der Waals surface area contributed by atoms with Gasteiger partial charge in [-0.3, -0.25) is 4.79 Å². The van der Waals surface area contributed by atoms with Crippen LogP contribution in [0.15, 0.2) is 77.7 Å². The van der Waals surface area contributed by atoms with Crippen LogP contribution in [0.3, 0.4) is 0 Å². The number of carbonyl (C=O) groups is 1. The third-order valence-corrected chi connectivity index (χ3v) is 6.41. The molecule has 3 aromatic rings. The van der Waals surface area contributed by atoms with E-state index in [4.69, 9.17) is 15.8 Å². The first-order chi connectivity index (χ1) is 16.3. The van der Waals surface area contributed by atoms with E-state index in [0.29, 0.717) is 23.2 Å². The summed E-state index contributed by atoms with van der Waals surface area (Å²) in [7, 11) is -4.48. The molecule has 0 fully saturated rings. The number of halogens is 4. The lowest BCUT2D eigenvalue weighted by molar-refractivity contribution is -0.137. The Labute approximate surface area is 207 Å². The first-order valence-corrected chi connectivity index (χ1v) is 12.4. The molecule has 3 aromatic carbocycles. The van der Waals surface area contributed by atoms with Crippen molar-refractivity contribution in [2.75, 3.05) is 6.54 Å². The van der Waals surface area contributed by atoms with Crippen LogP contribution >= 0.6 is 11.6 Å². The predicted octanol–water partition coefficient (Wildman–Crippen LogP) is 6.42. The van der Waals surface area contributed by atoms with Crippen molar-refractivity contribution in [3.05, 3.63) is 94.5 Å². The second kappa shape index (κ2) is 10.7. The Hall–Kier alpha value is -3.04. The van der Waals surface area contributed by atoms with E-state index in [9.17, 15) is 26.4 Å². The standard InChI is InChI=1S/C25H23ClF3NO4S/c1-17(2)15-30(24(31)19-8-10-21(26)11-9-19)16-18-6-12-22(13-7-18)34-35(32,33)23-5-3-4-20(14-23)25(27,28)29/h3-14,17H,15-16H2,1-2H3. The number of rotatable bonds is 8. The van der Waals surface area contributed by atoms with E-state index in [-0.39, 0.29) is 24.1 Å². The van der Waals surface area contributed by atoms with Gasteiger partial charge in [0.1, 0.15) is 10.6 Å². The summed E-state index contributed by atoms with van der Waals surface area (Å²) < 4.78 is 68.8. The summed E-state index contributed by atoms with van der Waals surface area (Å²) in [5, 5.41) is 0.521. The zero-order valence-electron chi connectivity index (χ0n) is 18.9. The lowest BCUT2D eigenvalue weighted by Crippen LogP contribution is -2.33. The zero-order chi connectivity index (χ0) is 25.8. The number of benzene rings is 3. The monoisotopic (exact) mass is 525 g/mol. The molecule has 0 aliphatic rings. The molecule has 0 unspecified atom stereocenters. The van der Waals surface area contributed by atoms with Crippen molar-refractivity contribution in [1.29, 1.82) is 0 Å². The Morgan fingerprint density at radius 3 is 2.20 bits per heavy atom. The number of alkyl halides is 3. The van der Waals surface area contributed by atoms with E-state index in [1.165, 1.54) is 12.1 Å².